The van der Waals surface area contributed by atoms with Crippen molar-refractivity contribution in [2.75, 3.05) is 5.32 Å². The molecule has 0 radical (unpaired) electrons. The summed E-state index contributed by atoms with van der Waals surface area (Å²) in [6.07, 6.45) is 0. The number of benzene rings is 2. The van der Waals surface area contributed by atoms with Crippen molar-refractivity contribution in [3.8, 4) is 0 Å². The molecule has 31 heavy (non-hydrogen) atoms. The number of aromatic nitrogens is 2. The smallest absolute Gasteiger partial charge is 0.319 e. The highest BCUT2D eigenvalue weighted by atomic mass is 16.2. The SMILES string of the molecule is Cc1cc(C)n(Cc2cccc(CNC(=O)c3ccc(NC(=O)NC(C)C)cc3)c2)n1. The van der Waals surface area contributed by atoms with Gasteiger partial charge in [0.05, 0.1) is 12.2 Å². The number of anilines is 1. The first-order valence-corrected chi connectivity index (χ1v) is 10.3. The van der Waals surface area contributed by atoms with Crippen LogP contribution < -0.4 is 16.0 Å². The van der Waals surface area contributed by atoms with Crippen molar-refractivity contribution in [3.63, 3.8) is 0 Å². The number of urea groups is 1. The fraction of sp³-hybridized carbons (Fsp3) is 0.292. The summed E-state index contributed by atoms with van der Waals surface area (Å²) in [4.78, 5) is 24.3. The first kappa shape index (κ1) is 22.1. The maximum absolute atomic E-state index is 12.5. The third-order valence-corrected chi connectivity index (χ3v) is 4.70. The van der Waals surface area contributed by atoms with Crippen LogP contribution in [0.1, 0.15) is 46.7 Å². The maximum atomic E-state index is 12.5. The number of nitrogens with zero attached hydrogens (tertiary/aromatic N) is 2. The monoisotopic (exact) mass is 419 g/mol. The molecule has 0 aliphatic carbocycles. The van der Waals surface area contributed by atoms with Crippen LogP contribution >= 0.6 is 0 Å². The van der Waals surface area contributed by atoms with E-state index < -0.39 is 0 Å². The lowest BCUT2D eigenvalue weighted by Crippen LogP contribution is -2.34. The summed E-state index contributed by atoms with van der Waals surface area (Å²) >= 11 is 0. The summed E-state index contributed by atoms with van der Waals surface area (Å²) in [5.41, 5.74) is 5.45. The van der Waals surface area contributed by atoms with Gasteiger partial charge >= 0.3 is 6.03 Å². The largest absolute Gasteiger partial charge is 0.348 e. The number of rotatable bonds is 7. The standard InChI is InChI=1S/C24H29N5O2/c1-16(2)26-24(31)27-22-10-8-21(9-11-22)23(30)25-14-19-6-5-7-20(13-19)15-29-18(4)12-17(3)28-29/h5-13,16H,14-15H2,1-4H3,(H,25,30)(H2,26,27,31). The molecule has 1 aromatic heterocycles. The number of amides is 3. The van der Waals surface area contributed by atoms with Gasteiger partial charge in [0.2, 0.25) is 0 Å². The molecule has 0 atom stereocenters. The highest BCUT2D eigenvalue weighted by Crippen LogP contribution is 2.12. The molecule has 0 fully saturated rings. The molecule has 0 saturated heterocycles. The Labute approximate surface area is 182 Å². The Bertz CT molecular complexity index is 1050. The van der Waals surface area contributed by atoms with Gasteiger partial charge in [-0.05, 0) is 69.2 Å². The lowest BCUT2D eigenvalue weighted by Gasteiger charge is -2.11. The molecule has 0 spiro atoms. The van der Waals surface area contributed by atoms with E-state index >= 15 is 0 Å². The van der Waals surface area contributed by atoms with Crippen LogP contribution in [0.2, 0.25) is 0 Å². The molecule has 0 aliphatic heterocycles. The Morgan fingerprint density at radius 2 is 1.71 bits per heavy atom. The fourth-order valence-electron chi connectivity index (χ4n) is 3.26. The van der Waals surface area contributed by atoms with Crippen LogP contribution in [-0.4, -0.2) is 27.8 Å². The Kier molecular flexibility index (Phi) is 7.07. The summed E-state index contributed by atoms with van der Waals surface area (Å²) in [6, 6.07) is 16.8. The van der Waals surface area contributed by atoms with Crippen LogP contribution in [0.15, 0.2) is 54.6 Å². The van der Waals surface area contributed by atoms with Gasteiger partial charge in [0.25, 0.3) is 5.91 Å². The van der Waals surface area contributed by atoms with E-state index in [0.717, 1.165) is 22.5 Å². The Morgan fingerprint density at radius 3 is 2.35 bits per heavy atom. The molecule has 2 aromatic carbocycles. The maximum Gasteiger partial charge on any atom is 0.319 e. The van der Waals surface area contributed by atoms with Crippen molar-refractivity contribution in [3.05, 3.63) is 82.7 Å². The second kappa shape index (κ2) is 9.93. The zero-order valence-corrected chi connectivity index (χ0v) is 18.4. The lowest BCUT2D eigenvalue weighted by atomic mass is 10.1. The van der Waals surface area contributed by atoms with E-state index in [2.05, 4.69) is 39.2 Å². The molecule has 1 heterocycles. The number of carbonyl (C=O) groups excluding carboxylic acids is 2. The molecule has 3 rings (SSSR count). The molecule has 3 amide bonds. The molecule has 7 heteroatoms. The molecule has 7 nitrogen and oxygen atoms in total. The van der Waals surface area contributed by atoms with Gasteiger partial charge in [-0.2, -0.15) is 5.10 Å². The lowest BCUT2D eigenvalue weighted by molar-refractivity contribution is 0.0951. The predicted molar refractivity (Wildman–Crippen MR) is 122 cm³/mol. The van der Waals surface area contributed by atoms with E-state index in [4.69, 9.17) is 0 Å². The van der Waals surface area contributed by atoms with Crippen LogP contribution in [0.25, 0.3) is 0 Å². The van der Waals surface area contributed by atoms with Crippen LogP contribution in [0, 0.1) is 13.8 Å². The number of carbonyl (C=O) groups is 2. The van der Waals surface area contributed by atoms with Crippen LogP contribution in [0.5, 0.6) is 0 Å². The molecule has 0 unspecified atom stereocenters. The van der Waals surface area contributed by atoms with Gasteiger partial charge in [0.15, 0.2) is 0 Å². The average molecular weight is 420 g/mol. The average Bonchev–Trinajstić information content (AvgIpc) is 3.03. The normalized spacial score (nSPS) is 10.7. The van der Waals surface area contributed by atoms with E-state index in [-0.39, 0.29) is 18.0 Å². The fourth-order valence-corrected chi connectivity index (χ4v) is 3.26. The number of hydrogen-bond acceptors (Lipinski definition) is 3. The van der Waals surface area contributed by atoms with Crippen molar-refractivity contribution < 1.29 is 9.59 Å². The number of nitrogens with one attached hydrogen (secondary N) is 3. The summed E-state index contributed by atoms with van der Waals surface area (Å²) in [7, 11) is 0. The zero-order valence-electron chi connectivity index (χ0n) is 18.4. The second-order valence-electron chi connectivity index (χ2n) is 7.92. The van der Waals surface area contributed by atoms with Crippen LogP contribution in [0.4, 0.5) is 10.5 Å². The van der Waals surface area contributed by atoms with Crippen molar-refractivity contribution >= 4 is 17.6 Å². The van der Waals surface area contributed by atoms with Gasteiger partial charge < -0.3 is 16.0 Å². The van der Waals surface area contributed by atoms with Gasteiger partial charge in [-0.15, -0.1) is 0 Å². The topological polar surface area (TPSA) is 88.0 Å². The quantitative estimate of drug-likeness (QED) is 0.541. The summed E-state index contributed by atoms with van der Waals surface area (Å²) in [5, 5.41) is 12.9. The minimum Gasteiger partial charge on any atom is -0.348 e. The Morgan fingerprint density at radius 1 is 1.00 bits per heavy atom. The van der Waals surface area contributed by atoms with E-state index in [9.17, 15) is 9.59 Å². The molecule has 162 valence electrons. The Balaban J connectivity index is 1.55. The highest BCUT2D eigenvalue weighted by molar-refractivity contribution is 5.95. The zero-order chi connectivity index (χ0) is 22.4. The minimum absolute atomic E-state index is 0.0521. The van der Waals surface area contributed by atoms with E-state index in [0.29, 0.717) is 24.3 Å². The summed E-state index contributed by atoms with van der Waals surface area (Å²) < 4.78 is 1.98. The van der Waals surface area contributed by atoms with E-state index in [1.54, 1.807) is 24.3 Å². The molecule has 3 N–H and O–H groups in total. The molecule has 0 aliphatic rings. The predicted octanol–water partition coefficient (Wildman–Crippen LogP) is 4.01. The van der Waals surface area contributed by atoms with Crippen molar-refractivity contribution in [1.29, 1.82) is 0 Å². The van der Waals surface area contributed by atoms with Crippen molar-refractivity contribution in [2.45, 2.75) is 46.8 Å². The van der Waals surface area contributed by atoms with Crippen LogP contribution in [-0.2, 0) is 13.1 Å². The van der Waals surface area contributed by atoms with E-state index in [1.807, 2.05) is 44.5 Å². The third-order valence-electron chi connectivity index (χ3n) is 4.70. The van der Waals surface area contributed by atoms with Gasteiger partial charge in [-0.25, -0.2) is 4.79 Å². The summed E-state index contributed by atoms with van der Waals surface area (Å²) in [5.74, 6) is -0.165. The minimum atomic E-state index is -0.271. The van der Waals surface area contributed by atoms with Crippen molar-refractivity contribution in [2.24, 2.45) is 0 Å². The number of hydrogen-bond donors (Lipinski definition) is 3. The summed E-state index contributed by atoms with van der Waals surface area (Å²) in [6.45, 7) is 8.94. The van der Waals surface area contributed by atoms with Gasteiger partial charge in [0, 0.05) is 29.5 Å². The van der Waals surface area contributed by atoms with Crippen LogP contribution in [0.3, 0.4) is 0 Å². The first-order chi connectivity index (χ1) is 14.8. The van der Waals surface area contributed by atoms with E-state index in [1.165, 1.54) is 0 Å². The first-order valence-electron chi connectivity index (χ1n) is 10.3. The highest BCUT2D eigenvalue weighted by Gasteiger charge is 2.08. The van der Waals surface area contributed by atoms with Crippen molar-refractivity contribution in [1.82, 2.24) is 20.4 Å². The van der Waals surface area contributed by atoms with Gasteiger partial charge in [0.1, 0.15) is 0 Å². The molecule has 0 bridgehead atoms. The molecule has 0 saturated carbocycles. The third kappa shape index (κ3) is 6.44. The van der Waals surface area contributed by atoms with Gasteiger partial charge in [-0.3, -0.25) is 9.48 Å². The molecular weight excluding hydrogens is 390 g/mol. The molecular formula is C24H29N5O2. The second-order valence-corrected chi connectivity index (χ2v) is 7.92. The Hall–Kier alpha value is -3.61. The van der Waals surface area contributed by atoms with Gasteiger partial charge in [-0.1, -0.05) is 24.3 Å². The number of aryl methyl sites for hydroxylation is 2. The molecule has 3 aromatic rings.